The van der Waals surface area contributed by atoms with E-state index in [4.69, 9.17) is 5.90 Å². The lowest BCUT2D eigenvalue weighted by molar-refractivity contribution is -0.133. The van der Waals surface area contributed by atoms with Crippen LogP contribution in [0.4, 0.5) is 0 Å². The summed E-state index contributed by atoms with van der Waals surface area (Å²) in [6.45, 7) is 6.06. The summed E-state index contributed by atoms with van der Waals surface area (Å²) in [5, 5.41) is 0. The van der Waals surface area contributed by atoms with Gasteiger partial charge in [0, 0.05) is 24.9 Å². The summed E-state index contributed by atoms with van der Waals surface area (Å²) in [6, 6.07) is 0. The topological polar surface area (TPSA) is 55.6 Å². The molecule has 0 aliphatic carbocycles. The number of hydrogen-bond acceptors (Lipinski definition) is 3. The molecule has 1 rings (SSSR count). The van der Waals surface area contributed by atoms with Gasteiger partial charge in [-0.3, -0.25) is 4.79 Å². The van der Waals surface area contributed by atoms with Crippen LogP contribution in [-0.4, -0.2) is 30.5 Å². The Kier molecular flexibility index (Phi) is 3.69. The molecule has 1 amide bonds. The molecule has 0 aromatic rings. The first-order valence-corrected chi connectivity index (χ1v) is 4.75. The molecular formula is C9H18N2O2. The number of nitrogens with zero attached hydrogens (tertiary/aromatic N) is 1. The Morgan fingerprint density at radius 1 is 1.69 bits per heavy atom. The van der Waals surface area contributed by atoms with Gasteiger partial charge in [0.2, 0.25) is 5.91 Å². The predicted molar refractivity (Wildman–Crippen MR) is 49.7 cm³/mol. The molecule has 1 aliphatic heterocycles. The van der Waals surface area contributed by atoms with Crippen molar-refractivity contribution >= 4 is 5.91 Å². The van der Waals surface area contributed by atoms with E-state index < -0.39 is 0 Å². The smallest absolute Gasteiger partial charge is 0.225 e. The Bertz CT molecular complexity index is 182. The number of nitrogens with two attached hydrogens (primary N) is 1. The van der Waals surface area contributed by atoms with E-state index >= 15 is 0 Å². The van der Waals surface area contributed by atoms with Crippen molar-refractivity contribution in [1.29, 1.82) is 0 Å². The standard InChI is InChI=1S/C9H18N2O2/c1-7(2)9(12)11-4-3-8(5-11)6-13-10/h7-8H,3-6,10H2,1-2H3. The third kappa shape index (κ3) is 2.67. The average molecular weight is 186 g/mol. The van der Waals surface area contributed by atoms with Gasteiger partial charge in [-0.05, 0) is 6.42 Å². The Hall–Kier alpha value is -0.610. The van der Waals surface area contributed by atoms with Crippen LogP contribution >= 0.6 is 0 Å². The maximum atomic E-state index is 11.5. The molecule has 1 saturated heterocycles. The fourth-order valence-corrected chi connectivity index (χ4v) is 1.67. The van der Waals surface area contributed by atoms with E-state index in [1.165, 1.54) is 0 Å². The summed E-state index contributed by atoms with van der Waals surface area (Å²) in [7, 11) is 0. The summed E-state index contributed by atoms with van der Waals surface area (Å²) in [4.78, 5) is 18.0. The molecule has 1 atom stereocenters. The largest absolute Gasteiger partial charge is 0.342 e. The van der Waals surface area contributed by atoms with Crippen LogP contribution in [0.25, 0.3) is 0 Å². The van der Waals surface area contributed by atoms with Crippen LogP contribution < -0.4 is 5.90 Å². The van der Waals surface area contributed by atoms with Crippen LogP contribution in [0.1, 0.15) is 20.3 Å². The summed E-state index contributed by atoms with van der Waals surface area (Å²) in [5.74, 6) is 5.74. The fraction of sp³-hybridized carbons (Fsp3) is 0.889. The highest BCUT2D eigenvalue weighted by atomic mass is 16.6. The molecule has 13 heavy (non-hydrogen) atoms. The van der Waals surface area contributed by atoms with Crippen molar-refractivity contribution in [2.24, 2.45) is 17.7 Å². The van der Waals surface area contributed by atoms with Crippen LogP contribution in [0, 0.1) is 11.8 Å². The highest BCUT2D eigenvalue weighted by Gasteiger charge is 2.27. The Morgan fingerprint density at radius 3 is 2.92 bits per heavy atom. The molecule has 1 unspecified atom stereocenters. The van der Waals surface area contributed by atoms with Gasteiger partial charge in [0.15, 0.2) is 0 Å². The maximum Gasteiger partial charge on any atom is 0.225 e. The van der Waals surface area contributed by atoms with Crippen molar-refractivity contribution in [2.45, 2.75) is 20.3 Å². The number of amides is 1. The van der Waals surface area contributed by atoms with Crippen molar-refractivity contribution in [1.82, 2.24) is 4.90 Å². The van der Waals surface area contributed by atoms with E-state index in [0.717, 1.165) is 19.5 Å². The summed E-state index contributed by atoms with van der Waals surface area (Å²) in [5.41, 5.74) is 0. The molecule has 0 aromatic heterocycles. The molecule has 0 spiro atoms. The summed E-state index contributed by atoms with van der Waals surface area (Å²) < 4.78 is 0. The Balaban J connectivity index is 2.36. The SMILES string of the molecule is CC(C)C(=O)N1CCC(CON)C1. The zero-order valence-corrected chi connectivity index (χ0v) is 8.32. The van der Waals surface area contributed by atoms with Gasteiger partial charge in [0.1, 0.15) is 0 Å². The van der Waals surface area contributed by atoms with Gasteiger partial charge in [0.05, 0.1) is 6.61 Å². The minimum Gasteiger partial charge on any atom is -0.342 e. The van der Waals surface area contributed by atoms with Crippen LogP contribution in [0.2, 0.25) is 0 Å². The van der Waals surface area contributed by atoms with Gasteiger partial charge < -0.3 is 9.74 Å². The first-order chi connectivity index (χ1) is 6.15. The highest BCUT2D eigenvalue weighted by Crippen LogP contribution is 2.17. The zero-order valence-electron chi connectivity index (χ0n) is 8.32. The molecule has 1 aliphatic rings. The van der Waals surface area contributed by atoms with E-state index in [9.17, 15) is 4.79 Å². The maximum absolute atomic E-state index is 11.5. The van der Waals surface area contributed by atoms with Crippen molar-refractivity contribution in [3.05, 3.63) is 0 Å². The second kappa shape index (κ2) is 4.58. The lowest BCUT2D eigenvalue weighted by Crippen LogP contribution is -2.32. The van der Waals surface area contributed by atoms with E-state index in [-0.39, 0.29) is 11.8 Å². The lowest BCUT2D eigenvalue weighted by Gasteiger charge is -2.18. The first-order valence-electron chi connectivity index (χ1n) is 4.75. The minimum absolute atomic E-state index is 0.0949. The predicted octanol–water partition coefficient (Wildman–Crippen LogP) is 0.381. The quantitative estimate of drug-likeness (QED) is 0.648. The molecule has 4 heteroatoms. The summed E-state index contributed by atoms with van der Waals surface area (Å²) in [6.07, 6.45) is 1.01. The second-order valence-electron chi connectivity index (χ2n) is 3.93. The zero-order chi connectivity index (χ0) is 9.84. The molecule has 1 fully saturated rings. The van der Waals surface area contributed by atoms with Gasteiger partial charge >= 0.3 is 0 Å². The molecule has 0 radical (unpaired) electrons. The lowest BCUT2D eigenvalue weighted by atomic mass is 10.1. The minimum atomic E-state index is 0.0949. The molecule has 1 heterocycles. The van der Waals surface area contributed by atoms with Crippen LogP contribution in [0.5, 0.6) is 0 Å². The Labute approximate surface area is 79.0 Å². The monoisotopic (exact) mass is 186 g/mol. The normalized spacial score (nSPS) is 22.8. The van der Waals surface area contributed by atoms with Crippen molar-refractivity contribution in [2.75, 3.05) is 19.7 Å². The van der Waals surface area contributed by atoms with E-state index in [1.807, 2.05) is 18.7 Å². The number of likely N-dealkylation sites (tertiary alicyclic amines) is 1. The van der Waals surface area contributed by atoms with Crippen LogP contribution in [0.3, 0.4) is 0 Å². The van der Waals surface area contributed by atoms with Gasteiger partial charge in [-0.1, -0.05) is 13.8 Å². The van der Waals surface area contributed by atoms with E-state index in [1.54, 1.807) is 0 Å². The summed E-state index contributed by atoms with van der Waals surface area (Å²) >= 11 is 0. The van der Waals surface area contributed by atoms with Gasteiger partial charge in [0.25, 0.3) is 0 Å². The second-order valence-corrected chi connectivity index (χ2v) is 3.93. The van der Waals surface area contributed by atoms with Crippen LogP contribution in [-0.2, 0) is 9.63 Å². The van der Waals surface area contributed by atoms with Crippen molar-refractivity contribution in [3.63, 3.8) is 0 Å². The molecule has 0 bridgehead atoms. The molecule has 4 nitrogen and oxygen atoms in total. The van der Waals surface area contributed by atoms with Crippen molar-refractivity contribution in [3.8, 4) is 0 Å². The molecule has 76 valence electrons. The average Bonchev–Trinajstić information content (AvgIpc) is 2.52. The third-order valence-corrected chi connectivity index (χ3v) is 2.42. The number of rotatable bonds is 3. The molecule has 2 N–H and O–H groups in total. The fourth-order valence-electron chi connectivity index (χ4n) is 1.67. The van der Waals surface area contributed by atoms with Gasteiger partial charge in [-0.25, -0.2) is 5.90 Å². The Morgan fingerprint density at radius 2 is 2.38 bits per heavy atom. The first kappa shape index (κ1) is 10.5. The van der Waals surface area contributed by atoms with E-state index in [2.05, 4.69) is 4.84 Å². The van der Waals surface area contributed by atoms with E-state index in [0.29, 0.717) is 12.5 Å². The van der Waals surface area contributed by atoms with Crippen molar-refractivity contribution < 1.29 is 9.63 Å². The number of hydrogen-bond donors (Lipinski definition) is 1. The van der Waals surface area contributed by atoms with Gasteiger partial charge in [-0.2, -0.15) is 0 Å². The molecular weight excluding hydrogens is 168 g/mol. The molecule has 0 saturated carbocycles. The number of carbonyl (C=O) groups is 1. The van der Waals surface area contributed by atoms with Gasteiger partial charge in [-0.15, -0.1) is 0 Å². The third-order valence-electron chi connectivity index (χ3n) is 2.42. The molecule has 0 aromatic carbocycles. The number of carbonyl (C=O) groups excluding carboxylic acids is 1. The van der Waals surface area contributed by atoms with Crippen LogP contribution in [0.15, 0.2) is 0 Å². The highest BCUT2D eigenvalue weighted by molar-refractivity contribution is 5.78.